The second kappa shape index (κ2) is 19.5. The van der Waals surface area contributed by atoms with E-state index >= 15 is 0 Å². The zero-order valence-electron chi connectivity index (χ0n) is 34.4. The second-order valence-corrected chi connectivity index (χ2v) is 15.4. The number of anilines is 3. The molecule has 59 heavy (non-hydrogen) atoms. The van der Waals surface area contributed by atoms with Crippen molar-refractivity contribution >= 4 is 64.2 Å². The van der Waals surface area contributed by atoms with Gasteiger partial charge in [-0.2, -0.15) is 0 Å². The summed E-state index contributed by atoms with van der Waals surface area (Å²) in [6.07, 6.45) is 0.364. The first kappa shape index (κ1) is 43.9. The number of rotatable bonds is 14. The molecule has 1 fully saturated rings. The number of fused-ring (bicyclic) bond motifs is 1. The highest BCUT2D eigenvalue weighted by molar-refractivity contribution is 6.44. The SMILES string of the molecule is COC(=O)[C@H](CCCCNC(=O)OC(C)(C)C)NC(=O)N1C(=O)/C(=C(\Nc2ccc(N(C)C(=O)CN3CCN(C)CC3)cc2)c2ccccc2)c2ccc(C(=O)O)cc21. The Bertz CT molecular complexity index is 2060. The average Bonchev–Trinajstić information content (AvgIpc) is 3.49. The number of carboxylic acid groups (broad SMARTS) is 1. The lowest BCUT2D eigenvalue weighted by Gasteiger charge is -2.32. The van der Waals surface area contributed by atoms with E-state index in [9.17, 15) is 33.9 Å². The van der Waals surface area contributed by atoms with Gasteiger partial charge in [0.1, 0.15) is 11.6 Å². The molecule has 4 N–H and O–H groups in total. The number of nitrogens with zero attached hydrogens (tertiary/aromatic N) is 4. The van der Waals surface area contributed by atoms with Crippen molar-refractivity contribution in [3.63, 3.8) is 0 Å². The molecular weight excluding hydrogens is 759 g/mol. The molecule has 1 saturated heterocycles. The van der Waals surface area contributed by atoms with Crippen LogP contribution in [0, 0.1) is 0 Å². The third kappa shape index (κ3) is 11.4. The fourth-order valence-corrected chi connectivity index (χ4v) is 6.67. The van der Waals surface area contributed by atoms with Crippen molar-refractivity contribution in [2.75, 3.05) is 75.6 Å². The van der Waals surface area contributed by atoms with Crippen LogP contribution in [0.1, 0.15) is 61.5 Å². The molecule has 2 aliphatic rings. The van der Waals surface area contributed by atoms with Crippen LogP contribution in [0.3, 0.4) is 0 Å². The molecule has 2 aliphatic heterocycles. The number of likely N-dealkylation sites (N-methyl/N-ethyl adjacent to an activating group) is 2. The number of imide groups is 1. The number of benzene rings is 3. The van der Waals surface area contributed by atoms with Crippen molar-refractivity contribution in [3.8, 4) is 0 Å². The van der Waals surface area contributed by atoms with Gasteiger partial charge in [0.2, 0.25) is 5.91 Å². The number of unbranched alkanes of at least 4 members (excludes halogenated alkanes) is 1. The van der Waals surface area contributed by atoms with E-state index in [0.717, 1.165) is 31.1 Å². The number of alkyl carbamates (subject to hydrolysis) is 1. The van der Waals surface area contributed by atoms with E-state index in [1.807, 2.05) is 6.07 Å². The van der Waals surface area contributed by atoms with Crippen LogP contribution in [0.2, 0.25) is 0 Å². The van der Waals surface area contributed by atoms with Gasteiger partial charge in [-0.05, 0) is 89.0 Å². The molecule has 5 amide bonds. The minimum atomic E-state index is -1.26. The number of amides is 5. The predicted octanol–water partition coefficient (Wildman–Crippen LogP) is 4.87. The van der Waals surface area contributed by atoms with Gasteiger partial charge in [0.15, 0.2) is 0 Å². The van der Waals surface area contributed by atoms with Crippen molar-refractivity contribution < 1.29 is 43.3 Å². The zero-order valence-corrected chi connectivity index (χ0v) is 34.4. The number of urea groups is 1. The molecule has 314 valence electrons. The molecule has 5 rings (SSSR count). The summed E-state index contributed by atoms with van der Waals surface area (Å²) >= 11 is 0. The van der Waals surface area contributed by atoms with Gasteiger partial charge in [-0.15, -0.1) is 0 Å². The van der Waals surface area contributed by atoms with Gasteiger partial charge in [0.05, 0.1) is 36.2 Å². The number of carbonyl (C=O) groups is 6. The summed E-state index contributed by atoms with van der Waals surface area (Å²) in [5.74, 6) is -2.82. The number of ether oxygens (including phenoxy) is 2. The Labute approximate surface area is 344 Å². The lowest BCUT2D eigenvalue weighted by atomic mass is 9.99. The molecule has 0 aromatic heterocycles. The predicted molar refractivity (Wildman–Crippen MR) is 224 cm³/mol. The quantitative estimate of drug-likeness (QED) is 0.0984. The molecule has 0 radical (unpaired) electrons. The third-order valence-electron chi connectivity index (χ3n) is 9.91. The van der Waals surface area contributed by atoms with Crippen LogP contribution < -0.4 is 25.8 Å². The van der Waals surface area contributed by atoms with E-state index in [1.165, 1.54) is 25.3 Å². The number of hydrogen-bond donors (Lipinski definition) is 4. The normalized spacial score (nSPS) is 15.8. The lowest BCUT2D eigenvalue weighted by Crippen LogP contribution is -2.49. The molecule has 0 bridgehead atoms. The highest BCUT2D eigenvalue weighted by atomic mass is 16.6. The van der Waals surface area contributed by atoms with Gasteiger partial charge in [0, 0.05) is 56.7 Å². The van der Waals surface area contributed by atoms with Crippen LogP contribution in [-0.4, -0.2) is 123 Å². The van der Waals surface area contributed by atoms with Crippen molar-refractivity contribution in [1.82, 2.24) is 20.4 Å². The minimum Gasteiger partial charge on any atom is -0.478 e. The maximum atomic E-state index is 14.6. The highest BCUT2D eigenvalue weighted by Gasteiger charge is 2.41. The van der Waals surface area contributed by atoms with Gasteiger partial charge in [-0.1, -0.05) is 36.4 Å². The first-order valence-electron chi connectivity index (χ1n) is 19.5. The zero-order chi connectivity index (χ0) is 42.9. The van der Waals surface area contributed by atoms with Gasteiger partial charge in [-0.3, -0.25) is 14.5 Å². The number of nitrogens with one attached hydrogen (secondary N) is 3. The molecule has 16 nitrogen and oxygen atoms in total. The minimum absolute atomic E-state index is 0.0126. The van der Waals surface area contributed by atoms with Gasteiger partial charge in [0.25, 0.3) is 5.91 Å². The maximum Gasteiger partial charge on any atom is 0.407 e. The van der Waals surface area contributed by atoms with Crippen LogP contribution in [0.4, 0.5) is 26.7 Å². The van der Waals surface area contributed by atoms with Crippen molar-refractivity contribution in [3.05, 3.63) is 89.5 Å². The van der Waals surface area contributed by atoms with Crippen molar-refractivity contribution in [2.45, 2.75) is 51.7 Å². The maximum absolute atomic E-state index is 14.6. The number of carbonyl (C=O) groups excluding carboxylic acids is 5. The number of aromatic carboxylic acids is 1. The Kier molecular flexibility index (Phi) is 14.5. The van der Waals surface area contributed by atoms with Crippen LogP contribution >= 0.6 is 0 Å². The lowest BCUT2D eigenvalue weighted by molar-refractivity contribution is -0.143. The standard InChI is InChI=1S/C43H53N7O9/c1-43(2,3)59-42(57)44-21-11-10-14-33(40(55)58-6)46-41(56)50-34-26-29(39(53)54)15-20-32(34)36(38(50)52)37(28-12-8-7-9-13-28)45-30-16-18-31(19-17-30)48(5)35(51)27-49-24-22-47(4)23-25-49/h7-9,12-13,15-20,26,33,45H,10-11,14,21-25,27H2,1-6H3,(H,44,57)(H,46,56)(H,53,54)/b37-36-/t33-/m0/s1. The van der Waals surface area contributed by atoms with E-state index in [4.69, 9.17) is 9.47 Å². The van der Waals surface area contributed by atoms with E-state index in [1.54, 1.807) is 81.2 Å². The topological polar surface area (TPSA) is 190 Å². The number of esters is 1. The monoisotopic (exact) mass is 811 g/mol. The van der Waals surface area contributed by atoms with E-state index in [-0.39, 0.29) is 41.3 Å². The summed E-state index contributed by atoms with van der Waals surface area (Å²) in [6.45, 7) is 9.24. The van der Waals surface area contributed by atoms with Gasteiger partial charge >= 0.3 is 24.1 Å². The molecule has 3 aromatic rings. The van der Waals surface area contributed by atoms with E-state index in [0.29, 0.717) is 42.0 Å². The van der Waals surface area contributed by atoms with Gasteiger partial charge in [-0.25, -0.2) is 24.1 Å². The molecule has 0 unspecified atom stereocenters. The Morgan fingerprint density at radius 1 is 0.898 bits per heavy atom. The summed E-state index contributed by atoms with van der Waals surface area (Å²) in [5, 5.41) is 18.5. The van der Waals surface area contributed by atoms with Crippen LogP contribution in [0.15, 0.2) is 72.8 Å². The Morgan fingerprint density at radius 2 is 1.58 bits per heavy atom. The number of carboxylic acids is 1. The van der Waals surface area contributed by atoms with Crippen LogP contribution in [-0.2, 0) is 23.9 Å². The summed E-state index contributed by atoms with van der Waals surface area (Å²) in [7, 11) is 4.97. The fraction of sp³-hybridized carbons (Fsp3) is 0.395. The van der Waals surface area contributed by atoms with Crippen LogP contribution in [0.5, 0.6) is 0 Å². The second-order valence-electron chi connectivity index (χ2n) is 15.4. The smallest absolute Gasteiger partial charge is 0.407 e. The van der Waals surface area contributed by atoms with Crippen molar-refractivity contribution in [2.24, 2.45) is 0 Å². The highest BCUT2D eigenvalue weighted by Crippen LogP contribution is 2.42. The third-order valence-corrected chi connectivity index (χ3v) is 9.91. The molecule has 16 heteroatoms. The number of piperazine rings is 1. The molecule has 3 aromatic carbocycles. The Hall–Kier alpha value is -6.26. The summed E-state index contributed by atoms with van der Waals surface area (Å²) in [4.78, 5) is 85.6. The summed E-state index contributed by atoms with van der Waals surface area (Å²) < 4.78 is 10.2. The van der Waals surface area contributed by atoms with E-state index in [2.05, 4.69) is 32.8 Å². The number of methoxy groups -OCH3 is 1. The average molecular weight is 812 g/mol. The number of hydrogen-bond acceptors (Lipinski definition) is 11. The molecule has 0 aliphatic carbocycles. The first-order valence-corrected chi connectivity index (χ1v) is 19.5. The molecule has 1 atom stereocenters. The first-order chi connectivity index (χ1) is 28.1. The molecule has 2 heterocycles. The van der Waals surface area contributed by atoms with Crippen molar-refractivity contribution in [1.29, 1.82) is 0 Å². The fourth-order valence-electron chi connectivity index (χ4n) is 6.67. The largest absolute Gasteiger partial charge is 0.478 e. The molecule has 0 saturated carbocycles. The summed E-state index contributed by atoms with van der Waals surface area (Å²) in [5.41, 5.74) is 1.75. The molecular formula is C43H53N7O9. The van der Waals surface area contributed by atoms with E-state index < -0.39 is 41.6 Å². The Morgan fingerprint density at radius 3 is 2.20 bits per heavy atom. The van der Waals surface area contributed by atoms with Crippen LogP contribution in [0.25, 0.3) is 11.3 Å². The molecule has 0 spiro atoms. The summed E-state index contributed by atoms with van der Waals surface area (Å²) in [6, 6.07) is 18.1. The van der Waals surface area contributed by atoms with Gasteiger partial charge < -0.3 is 40.3 Å². The Balaban J connectivity index is 1.40.